The van der Waals surface area contributed by atoms with Gasteiger partial charge in [0.15, 0.2) is 0 Å². The number of ether oxygens (including phenoxy) is 1. The molecule has 4 saturated carbocycles. The average molecular weight is 444 g/mol. The van der Waals surface area contributed by atoms with Crippen LogP contribution in [0.25, 0.3) is 6.20 Å². The number of nitrogens with two attached hydrogens (primary N) is 2. The van der Waals surface area contributed by atoms with Gasteiger partial charge >= 0.3 is 0 Å². The smallest absolute Gasteiger partial charge is 0.258 e. The fraction of sp³-hybridized carbons (Fsp3) is 0.708. The lowest BCUT2D eigenvalue weighted by molar-refractivity contribution is -0.123. The Morgan fingerprint density at radius 2 is 1.97 bits per heavy atom. The number of aromatic nitrogens is 2. The Morgan fingerprint density at radius 3 is 2.53 bits per heavy atom. The van der Waals surface area contributed by atoms with E-state index in [2.05, 4.69) is 10.4 Å². The summed E-state index contributed by atoms with van der Waals surface area (Å²) in [6.07, 6.45) is 10.3. The molecule has 4 aliphatic carbocycles. The predicted octanol–water partition coefficient (Wildman–Crippen LogP) is 2.54. The van der Waals surface area contributed by atoms with Crippen LogP contribution < -0.4 is 21.5 Å². The van der Waals surface area contributed by atoms with Gasteiger partial charge in [0.2, 0.25) is 11.8 Å². The number of nitrogens with one attached hydrogen (secondary N) is 1. The summed E-state index contributed by atoms with van der Waals surface area (Å²) >= 11 is 0. The Morgan fingerprint density at radius 1 is 1.31 bits per heavy atom. The summed E-state index contributed by atoms with van der Waals surface area (Å²) in [6, 6.07) is 0.154. The Balaban J connectivity index is 1.54. The van der Waals surface area contributed by atoms with Crippen molar-refractivity contribution in [3.8, 4) is 5.88 Å². The third-order valence-corrected chi connectivity index (χ3v) is 7.43. The molecule has 176 valence electrons. The molecular formula is C24H37N5O3. The van der Waals surface area contributed by atoms with Crippen LogP contribution in [0, 0.1) is 29.1 Å². The third kappa shape index (κ3) is 4.42. The van der Waals surface area contributed by atoms with Gasteiger partial charge in [-0.15, -0.1) is 0 Å². The average Bonchev–Trinajstić information content (AvgIpc) is 3.09. The topological polar surface area (TPSA) is 125 Å². The van der Waals surface area contributed by atoms with Crippen molar-refractivity contribution < 1.29 is 14.3 Å². The van der Waals surface area contributed by atoms with E-state index in [0.717, 1.165) is 32.1 Å². The molecule has 8 heteroatoms. The molecule has 0 aliphatic heterocycles. The normalized spacial score (nSPS) is 31.4. The van der Waals surface area contributed by atoms with E-state index in [4.69, 9.17) is 16.2 Å². The number of amides is 2. The summed E-state index contributed by atoms with van der Waals surface area (Å²) in [5.74, 6) is 1.65. The van der Waals surface area contributed by atoms with Gasteiger partial charge in [-0.3, -0.25) is 9.59 Å². The summed E-state index contributed by atoms with van der Waals surface area (Å²) in [5, 5.41) is 7.65. The van der Waals surface area contributed by atoms with Crippen LogP contribution in [0.1, 0.15) is 70.2 Å². The first-order chi connectivity index (χ1) is 15.0. The molecule has 0 spiro atoms. The molecule has 5 N–H and O–H groups in total. The maximum atomic E-state index is 13.3. The number of nitrogens with zero attached hydrogens (tertiary/aromatic N) is 2. The maximum absolute atomic E-state index is 13.3. The number of carbonyl (C=O) groups is 2. The lowest BCUT2D eigenvalue weighted by Crippen LogP contribution is -2.64. The fourth-order valence-corrected chi connectivity index (χ4v) is 5.89. The van der Waals surface area contributed by atoms with Gasteiger partial charge in [0.05, 0.1) is 18.2 Å². The minimum Gasteiger partial charge on any atom is -0.477 e. The second-order valence-corrected chi connectivity index (χ2v) is 11.2. The van der Waals surface area contributed by atoms with Gasteiger partial charge in [0, 0.05) is 17.8 Å². The molecular weight excluding hydrogens is 406 g/mol. The highest BCUT2D eigenvalue weighted by atomic mass is 16.5. The van der Waals surface area contributed by atoms with E-state index in [0.29, 0.717) is 35.8 Å². The maximum Gasteiger partial charge on any atom is 0.258 e. The van der Waals surface area contributed by atoms with Crippen molar-refractivity contribution in [2.45, 2.75) is 71.4 Å². The molecule has 4 bridgehead atoms. The Labute approximate surface area is 190 Å². The highest BCUT2D eigenvalue weighted by Gasteiger charge is 2.54. The summed E-state index contributed by atoms with van der Waals surface area (Å²) in [7, 11) is 0. The number of carbonyl (C=O) groups excluding carboxylic acids is 2. The first-order valence-electron chi connectivity index (χ1n) is 11.8. The van der Waals surface area contributed by atoms with E-state index >= 15 is 0 Å². The number of hydrogen-bond donors (Lipinski definition) is 3. The van der Waals surface area contributed by atoms with Crippen LogP contribution in [-0.4, -0.2) is 39.8 Å². The molecule has 8 nitrogen and oxygen atoms in total. The summed E-state index contributed by atoms with van der Waals surface area (Å²) < 4.78 is 7.50. The summed E-state index contributed by atoms with van der Waals surface area (Å²) in [6.45, 7) is 8.00. The van der Waals surface area contributed by atoms with Gasteiger partial charge in [-0.25, -0.2) is 4.68 Å². The fourth-order valence-electron chi connectivity index (χ4n) is 5.89. The summed E-state index contributed by atoms with van der Waals surface area (Å²) in [4.78, 5) is 25.0. The van der Waals surface area contributed by atoms with Gasteiger partial charge in [-0.1, -0.05) is 19.9 Å². The van der Waals surface area contributed by atoms with Gasteiger partial charge in [0.1, 0.15) is 5.56 Å². The predicted molar refractivity (Wildman–Crippen MR) is 123 cm³/mol. The second kappa shape index (κ2) is 8.21. The number of rotatable bonds is 8. The zero-order valence-corrected chi connectivity index (χ0v) is 19.6. The Bertz CT molecular complexity index is 903. The van der Waals surface area contributed by atoms with Gasteiger partial charge in [0.25, 0.3) is 5.91 Å². The minimum atomic E-state index is -0.845. The van der Waals surface area contributed by atoms with Crippen LogP contribution in [0.5, 0.6) is 5.88 Å². The van der Waals surface area contributed by atoms with Crippen LogP contribution in [0.2, 0.25) is 0 Å². The minimum absolute atomic E-state index is 0.0355. The van der Waals surface area contributed by atoms with E-state index in [1.807, 2.05) is 13.8 Å². The Kier molecular flexibility index (Phi) is 5.86. The van der Waals surface area contributed by atoms with Crippen LogP contribution in [0.3, 0.4) is 0 Å². The monoisotopic (exact) mass is 443 g/mol. The molecule has 0 aromatic carbocycles. The lowest BCUT2D eigenvalue weighted by atomic mass is 9.51. The van der Waals surface area contributed by atoms with Crippen LogP contribution in [-0.2, 0) is 4.79 Å². The molecule has 5 rings (SSSR count). The largest absolute Gasteiger partial charge is 0.477 e. The molecule has 2 atom stereocenters. The van der Waals surface area contributed by atoms with Gasteiger partial charge in [-0.2, -0.15) is 5.10 Å². The van der Waals surface area contributed by atoms with Crippen molar-refractivity contribution in [2.75, 3.05) is 6.61 Å². The van der Waals surface area contributed by atoms with Crippen molar-refractivity contribution in [1.29, 1.82) is 0 Å². The van der Waals surface area contributed by atoms with Gasteiger partial charge < -0.3 is 21.5 Å². The molecule has 4 fully saturated rings. The quantitative estimate of drug-likeness (QED) is 0.569. The lowest BCUT2D eigenvalue weighted by Gasteiger charge is -2.58. The van der Waals surface area contributed by atoms with E-state index in [-0.39, 0.29) is 23.4 Å². The zero-order valence-electron chi connectivity index (χ0n) is 19.6. The van der Waals surface area contributed by atoms with E-state index in [1.54, 1.807) is 26.1 Å². The summed E-state index contributed by atoms with van der Waals surface area (Å²) in [5.41, 5.74) is 11.6. The molecule has 2 unspecified atom stereocenters. The van der Waals surface area contributed by atoms with Crippen molar-refractivity contribution in [3.63, 3.8) is 0 Å². The Hall–Kier alpha value is -2.35. The van der Waals surface area contributed by atoms with Crippen molar-refractivity contribution in [2.24, 2.45) is 40.6 Å². The van der Waals surface area contributed by atoms with E-state index < -0.39 is 11.3 Å². The highest BCUT2D eigenvalue weighted by molar-refractivity contribution is 5.96. The molecule has 2 amide bonds. The molecule has 1 aromatic heterocycles. The standard InChI is InChI=1S/C24H37N5O3/c1-14(2)13-32-21-18(12-27-29(21)6-5-23(3,4)22(25)31)20(30)28-19-16-7-15-8-17(19)11-24(26,9-15)10-16/h5-6,12,14-17,19H,7-11,13,26H2,1-4H3,(H2,25,31)(H,28,30)/b6-5+. The van der Waals surface area contributed by atoms with Crippen LogP contribution >= 0.6 is 0 Å². The molecule has 0 radical (unpaired) electrons. The third-order valence-electron chi connectivity index (χ3n) is 7.43. The van der Waals surface area contributed by atoms with Crippen LogP contribution in [0.15, 0.2) is 12.3 Å². The van der Waals surface area contributed by atoms with E-state index in [1.165, 1.54) is 10.9 Å². The van der Waals surface area contributed by atoms with Crippen molar-refractivity contribution in [3.05, 3.63) is 17.8 Å². The van der Waals surface area contributed by atoms with Crippen LogP contribution in [0.4, 0.5) is 0 Å². The molecule has 1 aromatic rings. The number of primary amides is 1. The first-order valence-corrected chi connectivity index (χ1v) is 11.8. The molecule has 32 heavy (non-hydrogen) atoms. The van der Waals surface area contributed by atoms with Gasteiger partial charge in [-0.05, 0) is 69.6 Å². The van der Waals surface area contributed by atoms with Crippen molar-refractivity contribution in [1.82, 2.24) is 15.1 Å². The molecule has 4 aliphatic rings. The zero-order chi connectivity index (χ0) is 23.3. The molecule has 0 saturated heterocycles. The highest BCUT2D eigenvalue weighted by Crippen LogP contribution is 2.54. The SMILES string of the molecule is CC(C)COc1c(C(=O)NC2C3CC4CC2CC(N)(C4)C3)cnn1/C=C/C(C)(C)C(N)=O. The first kappa shape index (κ1) is 22.8. The van der Waals surface area contributed by atoms with E-state index in [9.17, 15) is 9.59 Å². The molecule has 1 heterocycles. The number of hydrogen-bond acceptors (Lipinski definition) is 5. The second-order valence-electron chi connectivity index (χ2n) is 11.2. The van der Waals surface area contributed by atoms with Crippen molar-refractivity contribution >= 4 is 18.0 Å².